The van der Waals surface area contributed by atoms with Gasteiger partial charge in [0.1, 0.15) is 0 Å². The Kier molecular flexibility index (Phi) is 5.09. The van der Waals surface area contributed by atoms with E-state index in [9.17, 15) is 4.79 Å². The molecule has 0 aromatic heterocycles. The van der Waals surface area contributed by atoms with Gasteiger partial charge in [-0.15, -0.1) is 0 Å². The molecule has 88 valence electrons. The summed E-state index contributed by atoms with van der Waals surface area (Å²) in [4.78, 5) is 14.0. The maximum absolute atomic E-state index is 11.9. The Bertz CT molecular complexity index is 202. The van der Waals surface area contributed by atoms with Crippen LogP contribution in [0.3, 0.4) is 0 Å². The Labute approximate surface area is 93.0 Å². The molecule has 1 saturated carbocycles. The van der Waals surface area contributed by atoms with Crippen molar-refractivity contribution < 1.29 is 4.79 Å². The fraction of sp³-hybridized carbons (Fsp3) is 0.917. The van der Waals surface area contributed by atoms with Crippen LogP contribution in [0.25, 0.3) is 0 Å². The van der Waals surface area contributed by atoms with E-state index < -0.39 is 0 Å². The molecular formula is C12H24N2O. The number of rotatable bonds is 7. The van der Waals surface area contributed by atoms with Crippen LogP contribution in [0.15, 0.2) is 0 Å². The second kappa shape index (κ2) is 6.11. The zero-order valence-corrected chi connectivity index (χ0v) is 10.0. The van der Waals surface area contributed by atoms with Gasteiger partial charge in [0.15, 0.2) is 0 Å². The maximum atomic E-state index is 11.9. The largest absolute Gasteiger partial charge is 0.340 e. The van der Waals surface area contributed by atoms with Crippen LogP contribution < -0.4 is 5.73 Å². The Morgan fingerprint density at radius 2 is 2.20 bits per heavy atom. The van der Waals surface area contributed by atoms with Crippen LogP contribution in [0.2, 0.25) is 0 Å². The van der Waals surface area contributed by atoms with Crippen molar-refractivity contribution in [1.29, 1.82) is 0 Å². The third kappa shape index (κ3) is 4.20. The van der Waals surface area contributed by atoms with Gasteiger partial charge in [-0.3, -0.25) is 4.79 Å². The highest BCUT2D eigenvalue weighted by Gasteiger charge is 2.31. The van der Waals surface area contributed by atoms with Gasteiger partial charge >= 0.3 is 0 Å². The zero-order chi connectivity index (χ0) is 11.3. The molecule has 1 amide bonds. The van der Waals surface area contributed by atoms with Crippen molar-refractivity contribution >= 4 is 5.91 Å². The third-order valence-corrected chi connectivity index (χ3v) is 3.03. The number of amides is 1. The van der Waals surface area contributed by atoms with Crippen LogP contribution in [-0.4, -0.2) is 29.9 Å². The summed E-state index contributed by atoms with van der Waals surface area (Å²) in [6, 6.07) is 0.561. The highest BCUT2D eigenvalue weighted by molar-refractivity contribution is 5.76. The summed E-state index contributed by atoms with van der Waals surface area (Å²) in [7, 11) is 0. The fourth-order valence-corrected chi connectivity index (χ4v) is 1.77. The summed E-state index contributed by atoms with van der Waals surface area (Å²) in [5, 5.41) is 0. The fourth-order valence-electron chi connectivity index (χ4n) is 1.77. The molecule has 3 nitrogen and oxygen atoms in total. The molecular weight excluding hydrogens is 188 g/mol. The van der Waals surface area contributed by atoms with E-state index in [1.54, 1.807) is 0 Å². The van der Waals surface area contributed by atoms with E-state index in [0.29, 0.717) is 30.8 Å². The quantitative estimate of drug-likeness (QED) is 0.699. The van der Waals surface area contributed by atoms with Crippen LogP contribution in [-0.2, 0) is 4.79 Å². The topological polar surface area (TPSA) is 46.3 Å². The summed E-state index contributed by atoms with van der Waals surface area (Å²) < 4.78 is 0. The molecule has 0 saturated heterocycles. The number of carbonyl (C=O) groups excluding carboxylic acids is 1. The normalized spacial score (nSPS) is 17.5. The van der Waals surface area contributed by atoms with Gasteiger partial charge in [-0.25, -0.2) is 0 Å². The van der Waals surface area contributed by atoms with E-state index >= 15 is 0 Å². The molecule has 3 heteroatoms. The molecule has 0 aromatic carbocycles. The smallest absolute Gasteiger partial charge is 0.222 e. The molecule has 1 rings (SSSR count). The predicted octanol–water partition coefficient (Wildman–Crippen LogP) is 1.76. The predicted molar refractivity (Wildman–Crippen MR) is 62.5 cm³/mol. The minimum Gasteiger partial charge on any atom is -0.340 e. The van der Waals surface area contributed by atoms with Crippen molar-refractivity contribution in [1.82, 2.24) is 4.90 Å². The molecule has 1 atom stereocenters. The van der Waals surface area contributed by atoms with Crippen molar-refractivity contribution in [3.8, 4) is 0 Å². The summed E-state index contributed by atoms with van der Waals surface area (Å²) in [5.74, 6) is 0.802. The van der Waals surface area contributed by atoms with Crippen LogP contribution in [0.4, 0.5) is 0 Å². The molecule has 0 spiro atoms. The van der Waals surface area contributed by atoms with Gasteiger partial charge in [0.25, 0.3) is 0 Å². The lowest BCUT2D eigenvalue weighted by Crippen LogP contribution is -2.34. The summed E-state index contributed by atoms with van der Waals surface area (Å²) >= 11 is 0. The highest BCUT2D eigenvalue weighted by atomic mass is 16.2. The van der Waals surface area contributed by atoms with E-state index in [1.165, 1.54) is 12.8 Å². The zero-order valence-electron chi connectivity index (χ0n) is 10.0. The van der Waals surface area contributed by atoms with Crippen LogP contribution in [0.1, 0.15) is 46.0 Å². The maximum Gasteiger partial charge on any atom is 0.222 e. The van der Waals surface area contributed by atoms with Crippen molar-refractivity contribution in [3.63, 3.8) is 0 Å². The first-order chi connectivity index (χ1) is 7.19. The first kappa shape index (κ1) is 12.5. The monoisotopic (exact) mass is 212 g/mol. The molecule has 1 aliphatic rings. The molecule has 15 heavy (non-hydrogen) atoms. The molecule has 1 fully saturated rings. The summed E-state index contributed by atoms with van der Waals surface area (Å²) in [6.45, 7) is 5.85. The van der Waals surface area contributed by atoms with Crippen molar-refractivity contribution in [3.05, 3.63) is 0 Å². The van der Waals surface area contributed by atoms with E-state index in [1.807, 2.05) is 0 Å². The van der Waals surface area contributed by atoms with Gasteiger partial charge < -0.3 is 10.6 Å². The minimum absolute atomic E-state index is 0.333. The first-order valence-corrected chi connectivity index (χ1v) is 6.18. The van der Waals surface area contributed by atoms with Gasteiger partial charge in [0.05, 0.1) is 0 Å². The van der Waals surface area contributed by atoms with E-state index in [-0.39, 0.29) is 0 Å². The lowest BCUT2D eigenvalue weighted by atomic mass is 10.1. The van der Waals surface area contributed by atoms with Gasteiger partial charge in [-0.2, -0.15) is 0 Å². The molecule has 1 aliphatic carbocycles. The summed E-state index contributed by atoms with van der Waals surface area (Å²) in [6.07, 6.45) is 5.09. The SMILES string of the molecule is CCCN(C(=O)CCC(C)CN)C1CC1. The highest BCUT2D eigenvalue weighted by Crippen LogP contribution is 2.27. The van der Waals surface area contributed by atoms with Crippen molar-refractivity contribution in [2.24, 2.45) is 11.7 Å². The summed E-state index contributed by atoms with van der Waals surface area (Å²) in [5.41, 5.74) is 5.54. The van der Waals surface area contributed by atoms with Crippen molar-refractivity contribution in [2.45, 2.75) is 52.0 Å². The van der Waals surface area contributed by atoms with E-state index in [2.05, 4.69) is 18.7 Å². The van der Waals surface area contributed by atoms with Gasteiger partial charge in [-0.05, 0) is 38.1 Å². The number of carbonyl (C=O) groups is 1. The molecule has 2 N–H and O–H groups in total. The van der Waals surface area contributed by atoms with E-state index in [0.717, 1.165) is 19.4 Å². The molecule has 0 bridgehead atoms. The standard InChI is InChI=1S/C12H24N2O/c1-3-8-14(11-5-6-11)12(15)7-4-10(2)9-13/h10-11H,3-9,13H2,1-2H3. The van der Waals surface area contributed by atoms with Crippen LogP contribution >= 0.6 is 0 Å². The molecule has 0 heterocycles. The Hall–Kier alpha value is -0.570. The average molecular weight is 212 g/mol. The Balaban J connectivity index is 2.29. The Morgan fingerprint density at radius 1 is 1.53 bits per heavy atom. The molecule has 0 radical (unpaired) electrons. The third-order valence-electron chi connectivity index (χ3n) is 3.03. The lowest BCUT2D eigenvalue weighted by Gasteiger charge is -2.22. The lowest BCUT2D eigenvalue weighted by molar-refractivity contribution is -0.132. The first-order valence-electron chi connectivity index (χ1n) is 6.18. The average Bonchev–Trinajstić information content (AvgIpc) is 3.05. The second-order valence-corrected chi connectivity index (χ2v) is 4.70. The number of hydrogen-bond acceptors (Lipinski definition) is 2. The molecule has 0 aliphatic heterocycles. The van der Waals surface area contributed by atoms with Crippen LogP contribution in [0.5, 0.6) is 0 Å². The molecule has 0 aromatic rings. The number of hydrogen-bond donors (Lipinski definition) is 1. The minimum atomic E-state index is 0.333. The Morgan fingerprint density at radius 3 is 2.67 bits per heavy atom. The number of nitrogens with two attached hydrogens (primary N) is 1. The molecule has 1 unspecified atom stereocenters. The van der Waals surface area contributed by atoms with Gasteiger partial charge in [0.2, 0.25) is 5.91 Å². The van der Waals surface area contributed by atoms with Gasteiger partial charge in [0, 0.05) is 19.0 Å². The van der Waals surface area contributed by atoms with E-state index in [4.69, 9.17) is 5.73 Å². The second-order valence-electron chi connectivity index (χ2n) is 4.70. The number of nitrogens with zero attached hydrogens (tertiary/aromatic N) is 1. The van der Waals surface area contributed by atoms with Crippen LogP contribution in [0, 0.1) is 5.92 Å². The van der Waals surface area contributed by atoms with Crippen molar-refractivity contribution in [2.75, 3.05) is 13.1 Å². The van der Waals surface area contributed by atoms with Gasteiger partial charge in [-0.1, -0.05) is 13.8 Å².